The summed E-state index contributed by atoms with van der Waals surface area (Å²) in [4.78, 5) is 56.8. The smallest absolute Gasteiger partial charge is 0.258 e. The summed E-state index contributed by atoms with van der Waals surface area (Å²) in [6.45, 7) is 7.13. The average Bonchev–Trinajstić information content (AvgIpc) is 2.99. The predicted molar refractivity (Wildman–Crippen MR) is 163 cm³/mol. The number of pyridine rings is 1. The van der Waals surface area contributed by atoms with Crippen LogP contribution in [0.3, 0.4) is 0 Å². The highest BCUT2D eigenvalue weighted by Crippen LogP contribution is 2.27. The van der Waals surface area contributed by atoms with Gasteiger partial charge in [-0.2, -0.15) is 0 Å². The Morgan fingerprint density at radius 1 is 0.955 bits per heavy atom. The number of hydrazine groups is 1. The summed E-state index contributed by atoms with van der Waals surface area (Å²) < 4.78 is 29.2. The van der Waals surface area contributed by atoms with Crippen molar-refractivity contribution in [2.45, 2.75) is 96.3 Å². The maximum atomic E-state index is 14.6. The van der Waals surface area contributed by atoms with Crippen LogP contribution in [0.5, 0.6) is 0 Å². The summed E-state index contributed by atoms with van der Waals surface area (Å²) in [7, 11) is 0. The number of nitrogens with zero attached hydrogens (tertiary/aromatic N) is 2. The number of aromatic nitrogens is 1. The third-order valence-corrected chi connectivity index (χ3v) is 8.01. The lowest BCUT2D eigenvalue weighted by Crippen LogP contribution is -2.62. The molecule has 0 radical (unpaired) electrons. The fourth-order valence-corrected chi connectivity index (χ4v) is 5.33. The fraction of sp³-hybridized carbons (Fsp3) is 0.531. The van der Waals surface area contributed by atoms with E-state index in [0.29, 0.717) is 30.6 Å². The van der Waals surface area contributed by atoms with Gasteiger partial charge in [0.05, 0.1) is 17.3 Å². The van der Waals surface area contributed by atoms with E-state index >= 15 is 0 Å². The van der Waals surface area contributed by atoms with Gasteiger partial charge >= 0.3 is 0 Å². The first kappa shape index (κ1) is 33.0. The van der Waals surface area contributed by atoms with E-state index in [-0.39, 0.29) is 18.2 Å². The van der Waals surface area contributed by atoms with Gasteiger partial charge in [-0.25, -0.2) is 14.2 Å². The minimum absolute atomic E-state index is 0.109. The Morgan fingerprint density at radius 3 is 2.43 bits per heavy atom. The molecule has 4 rings (SSSR count). The Kier molecular flexibility index (Phi) is 10.7. The van der Waals surface area contributed by atoms with E-state index in [1.807, 2.05) is 37.3 Å². The molecule has 0 saturated carbocycles. The van der Waals surface area contributed by atoms with Gasteiger partial charge < -0.3 is 16.0 Å². The van der Waals surface area contributed by atoms with Crippen molar-refractivity contribution in [3.63, 3.8) is 0 Å². The first-order valence-electron chi connectivity index (χ1n) is 15.3. The molecule has 2 aliphatic rings. The second-order valence-electron chi connectivity index (χ2n) is 12.0. The number of allylic oxidation sites excluding steroid dienone is 1. The van der Waals surface area contributed by atoms with Gasteiger partial charge in [-0.3, -0.25) is 29.2 Å². The molecule has 4 atom stereocenters. The van der Waals surface area contributed by atoms with Gasteiger partial charge in [-0.1, -0.05) is 44.2 Å². The molecule has 1 saturated heterocycles. The summed E-state index contributed by atoms with van der Waals surface area (Å²) >= 11 is 0. The van der Waals surface area contributed by atoms with Crippen LogP contribution in [0.4, 0.5) is 8.78 Å². The van der Waals surface area contributed by atoms with Crippen LogP contribution >= 0.6 is 0 Å². The number of rotatable bonds is 1. The second-order valence-corrected chi connectivity index (χ2v) is 12.0. The van der Waals surface area contributed by atoms with Crippen LogP contribution in [-0.4, -0.2) is 64.2 Å². The number of hydrogen-bond acceptors (Lipinski definition) is 6. The SMILES string of the molecule is CC(C)C1NC(=O)CCC(F)(F)CC/C=C/c2ccc3ccc(nc3c2)[C@@H](C)NC(=O)[C@@H]2CCCN(N2)C(=O)[C@H](C)NC1=O. The molecule has 0 aliphatic carbocycles. The van der Waals surface area contributed by atoms with E-state index in [2.05, 4.69) is 21.4 Å². The Balaban J connectivity index is 1.58. The molecule has 238 valence electrons. The van der Waals surface area contributed by atoms with Crippen molar-refractivity contribution in [3.05, 3.63) is 47.7 Å². The molecular weight excluding hydrogens is 570 g/mol. The van der Waals surface area contributed by atoms with Gasteiger partial charge in [0.25, 0.3) is 5.91 Å². The molecule has 2 aliphatic heterocycles. The van der Waals surface area contributed by atoms with Crippen LogP contribution in [0, 0.1) is 5.92 Å². The highest BCUT2D eigenvalue weighted by atomic mass is 19.3. The summed E-state index contributed by atoms with van der Waals surface area (Å²) in [5, 5.41) is 10.4. The van der Waals surface area contributed by atoms with E-state index < -0.39 is 67.1 Å². The lowest BCUT2D eigenvalue weighted by Gasteiger charge is -2.35. The maximum absolute atomic E-state index is 14.6. The third-order valence-electron chi connectivity index (χ3n) is 8.01. The van der Waals surface area contributed by atoms with Crippen molar-refractivity contribution in [2.75, 3.05) is 6.54 Å². The summed E-state index contributed by atoms with van der Waals surface area (Å²) in [5.74, 6) is -5.40. The molecule has 1 fully saturated rings. The minimum atomic E-state index is -3.07. The van der Waals surface area contributed by atoms with Gasteiger partial charge in [0.1, 0.15) is 18.1 Å². The standard InChI is InChI=1S/C32H42F2N6O4/c1-19(2)28-30(43)36-21(4)31(44)40-17-7-9-25(39-40)29(42)35-20(3)24-13-12-23-11-10-22(18-26(23)37-24)8-5-6-15-32(33,34)16-14-27(41)38-28/h5,8,10-13,18-21,25,28,39H,6-7,9,14-17H2,1-4H3,(H,35,42)(H,36,43)(H,38,41)/b8-5+/t20-,21+,25+,28?/m1/s1. The number of fused-ring (bicyclic) bond motifs is 4. The van der Waals surface area contributed by atoms with Crippen molar-refractivity contribution in [1.29, 1.82) is 0 Å². The van der Waals surface area contributed by atoms with Gasteiger partial charge in [0, 0.05) is 31.2 Å². The summed E-state index contributed by atoms with van der Waals surface area (Å²) in [5.41, 5.74) is 5.15. The molecule has 3 heterocycles. The summed E-state index contributed by atoms with van der Waals surface area (Å²) in [6, 6.07) is 6.34. The van der Waals surface area contributed by atoms with Gasteiger partial charge in [-0.05, 0) is 56.7 Å². The highest BCUT2D eigenvalue weighted by molar-refractivity contribution is 5.92. The van der Waals surface area contributed by atoms with Gasteiger partial charge in [0.2, 0.25) is 23.6 Å². The van der Waals surface area contributed by atoms with Crippen molar-refractivity contribution < 1.29 is 28.0 Å². The molecule has 1 aromatic heterocycles. The number of hydrogen-bond donors (Lipinski definition) is 4. The average molecular weight is 613 g/mol. The van der Waals surface area contributed by atoms with Crippen LogP contribution in [0.25, 0.3) is 17.0 Å². The Labute approximate surface area is 256 Å². The zero-order chi connectivity index (χ0) is 32.0. The van der Waals surface area contributed by atoms with Crippen LogP contribution in [0.15, 0.2) is 36.4 Å². The first-order chi connectivity index (χ1) is 20.8. The lowest BCUT2D eigenvalue weighted by molar-refractivity contribution is -0.143. The lowest BCUT2D eigenvalue weighted by atomic mass is 10.0. The van der Waals surface area contributed by atoms with Gasteiger partial charge in [-0.15, -0.1) is 0 Å². The predicted octanol–water partition coefficient (Wildman–Crippen LogP) is 3.78. The molecule has 12 heteroatoms. The number of amides is 4. The highest BCUT2D eigenvalue weighted by Gasteiger charge is 2.34. The molecule has 10 nitrogen and oxygen atoms in total. The Bertz CT molecular complexity index is 1410. The monoisotopic (exact) mass is 612 g/mol. The Hall–Kier alpha value is -3.93. The van der Waals surface area contributed by atoms with E-state index in [0.717, 1.165) is 10.9 Å². The van der Waals surface area contributed by atoms with Crippen molar-refractivity contribution in [2.24, 2.45) is 5.92 Å². The molecule has 4 amide bonds. The maximum Gasteiger partial charge on any atom is 0.258 e. The fourth-order valence-electron chi connectivity index (χ4n) is 5.33. The summed E-state index contributed by atoms with van der Waals surface area (Å²) in [6.07, 6.45) is 3.12. The zero-order valence-electron chi connectivity index (χ0n) is 25.7. The number of halogens is 2. The van der Waals surface area contributed by atoms with Crippen LogP contribution in [0.1, 0.15) is 83.5 Å². The first-order valence-corrected chi connectivity index (χ1v) is 15.3. The van der Waals surface area contributed by atoms with E-state index in [1.165, 1.54) is 11.9 Å². The molecule has 44 heavy (non-hydrogen) atoms. The number of nitrogens with one attached hydrogen (secondary N) is 4. The molecular formula is C32H42F2N6O4. The topological polar surface area (TPSA) is 133 Å². The molecule has 5 bridgehead atoms. The molecule has 1 aromatic carbocycles. The van der Waals surface area contributed by atoms with Crippen LogP contribution in [-0.2, 0) is 19.2 Å². The number of carbonyl (C=O) groups is 4. The van der Waals surface area contributed by atoms with Crippen LogP contribution < -0.4 is 21.4 Å². The molecule has 4 N–H and O–H groups in total. The van der Waals surface area contributed by atoms with Gasteiger partial charge in [0.15, 0.2) is 0 Å². The molecule has 2 aromatic rings. The quantitative estimate of drug-likeness (QED) is 0.388. The molecule has 1 unspecified atom stereocenters. The van der Waals surface area contributed by atoms with E-state index in [9.17, 15) is 28.0 Å². The Morgan fingerprint density at radius 2 is 1.68 bits per heavy atom. The number of alkyl halides is 2. The van der Waals surface area contributed by atoms with Crippen LogP contribution in [0.2, 0.25) is 0 Å². The molecule has 0 spiro atoms. The third kappa shape index (κ3) is 8.58. The van der Waals surface area contributed by atoms with Crippen molar-refractivity contribution in [1.82, 2.24) is 31.4 Å². The van der Waals surface area contributed by atoms with E-state index in [1.54, 1.807) is 26.0 Å². The largest absolute Gasteiger partial charge is 0.347 e. The second kappa shape index (κ2) is 14.2. The van der Waals surface area contributed by atoms with E-state index in [4.69, 9.17) is 4.98 Å². The number of carbonyl (C=O) groups excluding carboxylic acids is 4. The number of benzene rings is 1. The van der Waals surface area contributed by atoms with Crippen molar-refractivity contribution in [3.8, 4) is 0 Å². The zero-order valence-corrected chi connectivity index (χ0v) is 25.7. The van der Waals surface area contributed by atoms with Crippen molar-refractivity contribution >= 4 is 40.6 Å². The normalized spacial score (nSPS) is 26.9. The minimum Gasteiger partial charge on any atom is -0.347 e.